The minimum Gasteiger partial charge on any atom is -0.291 e. The van der Waals surface area contributed by atoms with Gasteiger partial charge >= 0.3 is 0 Å². The highest BCUT2D eigenvalue weighted by Crippen LogP contribution is 2.06. The lowest BCUT2D eigenvalue weighted by Crippen LogP contribution is -2.21. The first kappa shape index (κ1) is 11.6. The number of halogens is 1. The monoisotopic (exact) mass is 208 g/mol. The predicted octanol–water partition coefficient (Wildman–Crippen LogP) is 2.16. The summed E-state index contributed by atoms with van der Waals surface area (Å²) in [6.07, 6.45) is -0.0191. The van der Waals surface area contributed by atoms with Crippen molar-refractivity contribution in [1.82, 2.24) is 0 Å². The predicted molar refractivity (Wildman–Crippen MR) is 55.0 cm³/mol. The average Bonchev–Trinajstić information content (AvgIpc) is 2.16. The third-order valence-electron chi connectivity index (χ3n) is 2.05. The van der Waals surface area contributed by atoms with Gasteiger partial charge in [0.25, 0.3) is 0 Å². The lowest BCUT2D eigenvalue weighted by Gasteiger charge is -2.03. The Labute approximate surface area is 88.1 Å². The number of ketones is 2. The van der Waals surface area contributed by atoms with Gasteiger partial charge in [-0.25, -0.2) is 4.39 Å². The van der Waals surface area contributed by atoms with E-state index in [1.54, 1.807) is 19.9 Å². The van der Waals surface area contributed by atoms with Gasteiger partial charge in [0.15, 0.2) is 0 Å². The largest absolute Gasteiger partial charge is 0.291 e. The van der Waals surface area contributed by atoms with Crippen LogP contribution in [0.5, 0.6) is 0 Å². The molecule has 0 saturated carbocycles. The van der Waals surface area contributed by atoms with Gasteiger partial charge in [-0.2, -0.15) is 0 Å². The minimum atomic E-state index is -0.462. The molecule has 0 aromatic heterocycles. The molecule has 0 aliphatic heterocycles. The quantitative estimate of drug-likeness (QED) is 0.710. The SMILES string of the molecule is CC(C)C(=O)C(=O)Cc1cccc(F)c1. The first-order valence-electron chi connectivity index (χ1n) is 4.82. The lowest BCUT2D eigenvalue weighted by molar-refractivity contribution is -0.138. The molecule has 0 bridgehead atoms. The summed E-state index contributed by atoms with van der Waals surface area (Å²) in [4.78, 5) is 22.7. The van der Waals surface area contributed by atoms with Crippen molar-refractivity contribution in [3.8, 4) is 0 Å². The number of Topliss-reactive ketones (excluding diaryl/α,β-unsaturated/α-hetero) is 2. The van der Waals surface area contributed by atoms with Gasteiger partial charge in [0.05, 0.1) is 0 Å². The van der Waals surface area contributed by atoms with Gasteiger partial charge < -0.3 is 0 Å². The molecule has 0 unspecified atom stereocenters. The summed E-state index contributed by atoms with van der Waals surface area (Å²) < 4.78 is 12.8. The molecule has 0 aliphatic carbocycles. The summed E-state index contributed by atoms with van der Waals surface area (Å²) in [5, 5.41) is 0. The number of benzene rings is 1. The molecule has 1 rings (SSSR count). The third kappa shape index (κ3) is 3.27. The van der Waals surface area contributed by atoms with E-state index >= 15 is 0 Å². The Bertz CT molecular complexity index is 383. The van der Waals surface area contributed by atoms with E-state index in [4.69, 9.17) is 0 Å². The van der Waals surface area contributed by atoms with Crippen molar-refractivity contribution in [1.29, 1.82) is 0 Å². The van der Waals surface area contributed by atoms with Crippen LogP contribution in [0.3, 0.4) is 0 Å². The zero-order valence-corrected chi connectivity index (χ0v) is 8.79. The molecule has 1 aromatic rings. The Balaban J connectivity index is 2.71. The number of hydrogen-bond donors (Lipinski definition) is 0. The van der Waals surface area contributed by atoms with Gasteiger partial charge in [0.2, 0.25) is 11.6 Å². The molecule has 0 amide bonds. The van der Waals surface area contributed by atoms with E-state index in [2.05, 4.69) is 0 Å². The molecule has 2 nitrogen and oxygen atoms in total. The molecule has 0 atom stereocenters. The van der Waals surface area contributed by atoms with Crippen molar-refractivity contribution in [2.75, 3.05) is 0 Å². The van der Waals surface area contributed by atoms with E-state index in [1.165, 1.54) is 18.2 Å². The second kappa shape index (κ2) is 4.82. The van der Waals surface area contributed by atoms with E-state index in [0.717, 1.165) is 0 Å². The fourth-order valence-electron chi connectivity index (χ4n) is 1.24. The fraction of sp³-hybridized carbons (Fsp3) is 0.333. The van der Waals surface area contributed by atoms with Gasteiger partial charge in [-0.15, -0.1) is 0 Å². The fourth-order valence-corrected chi connectivity index (χ4v) is 1.24. The van der Waals surface area contributed by atoms with Crippen molar-refractivity contribution < 1.29 is 14.0 Å². The van der Waals surface area contributed by atoms with E-state index < -0.39 is 17.4 Å². The number of carbonyl (C=O) groups is 2. The van der Waals surface area contributed by atoms with Gasteiger partial charge in [-0.1, -0.05) is 26.0 Å². The number of carbonyl (C=O) groups excluding carboxylic acids is 2. The summed E-state index contributed by atoms with van der Waals surface area (Å²) in [6.45, 7) is 3.34. The van der Waals surface area contributed by atoms with Crippen LogP contribution in [0.2, 0.25) is 0 Å². The third-order valence-corrected chi connectivity index (χ3v) is 2.05. The molecule has 0 saturated heterocycles. The molecule has 0 fully saturated rings. The van der Waals surface area contributed by atoms with Gasteiger partial charge in [0.1, 0.15) is 5.82 Å². The molecule has 1 aromatic carbocycles. The molecular weight excluding hydrogens is 195 g/mol. The molecule has 0 radical (unpaired) electrons. The van der Waals surface area contributed by atoms with Crippen LogP contribution in [0.1, 0.15) is 19.4 Å². The molecule has 15 heavy (non-hydrogen) atoms. The van der Waals surface area contributed by atoms with Crippen LogP contribution in [-0.4, -0.2) is 11.6 Å². The van der Waals surface area contributed by atoms with Crippen molar-refractivity contribution in [2.45, 2.75) is 20.3 Å². The Morgan fingerprint density at radius 1 is 1.33 bits per heavy atom. The van der Waals surface area contributed by atoms with Crippen LogP contribution in [0.15, 0.2) is 24.3 Å². The topological polar surface area (TPSA) is 34.1 Å². The highest BCUT2D eigenvalue weighted by atomic mass is 19.1. The normalized spacial score (nSPS) is 10.4. The molecule has 80 valence electrons. The maximum absolute atomic E-state index is 12.8. The number of rotatable bonds is 4. The standard InChI is InChI=1S/C12H13FO2/c1-8(2)12(15)11(14)7-9-4-3-5-10(13)6-9/h3-6,8H,7H2,1-2H3. The molecule has 3 heteroatoms. The smallest absolute Gasteiger partial charge is 0.203 e. The van der Waals surface area contributed by atoms with Crippen LogP contribution in [0.4, 0.5) is 4.39 Å². The van der Waals surface area contributed by atoms with E-state index in [1.807, 2.05) is 0 Å². The summed E-state index contributed by atoms with van der Waals surface area (Å²) in [5.74, 6) is -1.56. The molecule has 0 aliphatic rings. The number of hydrogen-bond acceptors (Lipinski definition) is 2. The van der Waals surface area contributed by atoms with Gasteiger partial charge in [0, 0.05) is 12.3 Å². The van der Waals surface area contributed by atoms with E-state index in [0.29, 0.717) is 5.56 Å². The van der Waals surface area contributed by atoms with Crippen molar-refractivity contribution >= 4 is 11.6 Å². The van der Waals surface area contributed by atoms with Crippen LogP contribution in [0.25, 0.3) is 0 Å². The molecule has 0 spiro atoms. The van der Waals surface area contributed by atoms with Crippen LogP contribution in [0, 0.1) is 11.7 Å². The van der Waals surface area contributed by atoms with E-state index in [-0.39, 0.29) is 12.3 Å². The van der Waals surface area contributed by atoms with Crippen molar-refractivity contribution in [3.05, 3.63) is 35.6 Å². The summed E-state index contributed by atoms with van der Waals surface area (Å²) in [6, 6.07) is 5.73. The zero-order chi connectivity index (χ0) is 11.4. The van der Waals surface area contributed by atoms with Crippen molar-refractivity contribution in [2.24, 2.45) is 5.92 Å². The first-order chi connectivity index (χ1) is 7.00. The second-order valence-corrected chi connectivity index (χ2v) is 3.75. The first-order valence-corrected chi connectivity index (χ1v) is 4.82. The molecule has 0 heterocycles. The summed E-state index contributed by atoms with van der Waals surface area (Å²) in [7, 11) is 0. The van der Waals surface area contributed by atoms with E-state index in [9.17, 15) is 14.0 Å². The summed E-state index contributed by atoms with van der Waals surface area (Å²) >= 11 is 0. The van der Waals surface area contributed by atoms with Gasteiger partial charge in [-0.05, 0) is 17.7 Å². The minimum absolute atomic E-state index is 0.0191. The van der Waals surface area contributed by atoms with Crippen LogP contribution < -0.4 is 0 Å². The Morgan fingerprint density at radius 3 is 2.53 bits per heavy atom. The maximum atomic E-state index is 12.8. The van der Waals surface area contributed by atoms with Crippen LogP contribution >= 0.6 is 0 Å². The highest BCUT2D eigenvalue weighted by Gasteiger charge is 2.17. The average molecular weight is 208 g/mol. The molecular formula is C12H13FO2. The Kier molecular flexibility index (Phi) is 3.72. The van der Waals surface area contributed by atoms with Crippen molar-refractivity contribution in [3.63, 3.8) is 0 Å². The Morgan fingerprint density at radius 2 is 2.00 bits per heavy atom. The van der Waals surface area contributed by atoms with Crippen LogP contribution in [-0.2, 0) is 16.0 Å². The lowest BCUT2D eigenvalue weighted by atomic mass is 10.00. The second-order valence-electron chi connectivity index (χ2n) is 3.75. The maximum Gasteiger partial charge on any atom is 0.203 e. The summed E-state index contributed by atoms with van der Waals surface area (Å²) in [5.41, 5.74) is 0.536. The molecule has 0 N–H and O–H groups in total. The zero-order valence-electron chi connectivity index (χ0n) is 8.79. The highest BCUT2D eigenvalue weighted by molar-refractivity contribution is 6.38. The Hall–Kier alpha value is -1.51. The van der Waals surface area contributed by atoms with Gasteiger partial charge in [-0.3, -0.25) is 9.59 Å².